The second-order valence-electron chi connectivity index (χ2n) is 4.56. The molecule has 0 aliphatic carbocycles. The second-order valence-corrected chi connectivity index (χ2v) is 6.10. The number of fused-ring (bicyclic) bond motifs is 1. The molecule has 0 fully saturated rings. The zero-order valence-corrected chi connectivity index (χ0v) is 14.4. The van der Waals surface area contributed by atoms with Crippen molar-refractivity contribution in [3.63, 3.8) is 0 Å². The lowest BCUT2D eigenvalue weighted by atomic mass is 10.3. The Kier molecular flexibility index (Phi) is 3.95. The average molecular weight is 412 g/mol. The van der Waals surface area contributed by atoms with E-state index in [-0.39, 0.29) is 5.56 Å². The van der Waals surface area contributed by atoms with Crippen molar-refractivity contribution < 1.29 is 0 Å². The lowest BCUT2D eigenvalue weighted by molar-refractivity contribution is 0.764. The molecular weight excluding hydrogens is 400 g/mol. The molecule has 7 heteroatoms. The van der Waals surface area contributed by atoms with Crippen molar-refractivity contribution in [2.75, 3.05) is 5.33 Å². The van der Waals surface area contributed by atoms with E-state index in [1.54, 1.807) is 16.3 Å². The number of alkyl halides is 1. The summed E-state index contributed by atoms with van der Waals surface area (Å²) in [4.78, 5) is 17.5. The number of hydrogen-bond acceptors (Lipinski definition) is 3. The van der Waals surface area contributed by atoms with Gasteiger partial charge in [-0.25, -0.2) is 9.67 Å². The molecule has 0 unspecified atom stereocenters. The zero-order valence-electron chi connectivity index (χ0n) is 11.3. The van der Waals surface area contributed by atoms with Crippen LogP contribution in [0.1, 0.15) is 5.82 Å². The third-order valence-electron chi connectivity index (χ3n) is 3.22. The first kappa shape index (κ1) is 14.5. The standard InChI is InChI=1S/C14H12Br2N4O/c1-19-13-11(12(16)18-19)14(21)20(10(17-13)7-8-15)9-5-3-2-4-6-9/h2-6H,7-8H2,1H3. The van der Waals surface area contributed by atoms with Crippen LogP contribution in [0.25, 0.3) is 16.7 Å². The highest BCUT2D eigenvalue weighted by molar-refractivity contribution is 9.10. The minimum atomic E-state index is -0.109. The van der Waals surface area contributed by atoms with Gasteiger partial charge in [-0.15, -0.1) is 0 Å². The van der Waals surface area contributed by atoms with Crippen LogP contribution in [0.15, 0.2) is 39.7 Å². The van der Waals surface area contributed by atoms with Crippen LogP contribution in [0, 0.1) is 0 Å². The minimum Gasteiger partial charge on any atom is -0.268 e. The lowest BCUT2D eigenvalue weighted by Crippen LogP contribution is -2.24. The summed E-state index contributed by atoms with van der Waals surface area (Å²) in [6.07, 6.45) is 0.656. The summed E-state index contributed by atoms with van der Waals surface area (Å²) in [5, 5.41) is 5.47. The van der Waals surface area contributed by atoms with E-state index in [9.17, 15) is 4.79 Å². The van der Waals surface area contributed by atoms with E-state index >= 15 is 0 Å². The highest BCUT2D eigenvalue weighted by Gasteiger charge is 2.18. The van der Waals surface area contributed by atoms with Gasteiger partial charge in [-0.3, -0.25) is 9.36 Å². The Morgan fingerprint density at radius 3 is 2.62 bits per heavy atom. The largest absolute Gasteiger partial charge is 0.270 e. The van der Waals surface area contributed by atoms with Crippen LogP contribution in [0.3, 0.4) is 0 Å². The third-order valence-corrected chi connectivity index (χ3v) is 4.17. The molecule has 108 valence electrons. The quantitative estimate of drug-likeness (QED) is 0.622. The van der Waals surface area contributed by atoms with Crippen LogP contribution < -0.4 is 5.56 Å². The molecule has 1 aromatic carbocycles. The molecule has 3 rings (SSSR count). The maximum absolute atomic E-state index is 12.9. The van der Waals surface area contributed by atoms with Gasteiger partial charge in [0.2, 0.25) is 0 Å². The van der Waals surface area contributed by atoms with Gasteiger partial charge in [-0.05, 0) is 28.1 Å². The van der Waals surface area contributed by atoms with E-state index in [0.29, 0.717) is 27.9 Å². The fourth-order valence-electron chi connectivity index (χ4n) is 2.29. The molecule has 3 aromatic rings. The molecule has 0 bridgehead atoms. The molecule has 2 heterocycles. The van der Waals surface area contributed by atoms with Crippen molar-refractivity contribution in [2.45, 2.75) is 6.42 Å². The first-order valence-electron chi connectivity index (χ1n) is 6.39. The summed E-state index contributed by atoms with van der Waals surface area (Å²) >= 11 is 6.76. The van der Waals surface area contributed by atoms with E-state index in [2.05, 4.69) is 41.9 Å². The Morgan fingerprint density at radius 1 is 1.24 bits per heavy atom. The average Bonchev–Trinajstić information content (AvgIpc) is 2.75. The number of aryl methyl sites for hydroxylation is 2. The Morgan fingerprint density at radius 2 is 1.95 bits per heavy atom. The van der Waals surface area contributed by atoms with Crippen molar-refractivity contribution >= 4 is 42.9 Å². The van der Waals surface area contributed by atoms with E-state index in [1.807, 2.05) is 30.3 Å². The molecular formula is C14H12Br2N4O. The Labute approximate surface area is 137 Å². The molecule has 21 heavy (non-hydrogen) atoms. The number of benzene rings is 1. The van der Waals surface area contributed by atoms with Gasteiger partial charge in [-0.2, -0.15) is 5.10 Å². The zero-order chi connectivity index (χ0) is 15.0. The van der Waals surface area contributed by atoms with Crippen molar-refractivity contribution in [1.29, 1.82) is 0 Å². The topological polar surface area (TPSA) is 52.7 Å². The van der Waals surface area contributed by atoms with Crippen LogP contribution >= 0.6 is 31.9 Å². The van der Waals surface area contributed by atoms with E-state index in [0.717, 1.165) is 11.0 Å². The number of para-hydroxylation sites is 1. The van der Waals surface area contributed by atoms with Crippen LogP contribution in [0.5, 0.6) is 0 Å². The number of rotatable bonds is 3. The number of nitrogens with zero attached hydrogens (tertiary/aromatic N) is 4. The van der Waals surface area contributed by atoms with Crippen LogP contribution in [-0.2, 0) is 13.5 Å². The molecule has 5 nitrogen and oxygen atoms in total. The third kappa shape index (κ3) is 2.44. The van der Waals surface area contributed by atoms with Gasteiger partial charge in [0.25, 0.3) is 5.56 Å². The number of aromatic nitrogens is 4. The van der Waals surface area contributed by atoms with Gasteiger partial charge in [0.1, 0.15) is 15.8 Å². The fraction of sp³-hybridized carbons (Fsp3) is 0.214. The molecule has 0 saturated heterocycles. The summed E-state index contributed by atoms with van der Waals surface area (Å²) < 4.78 is 3.79. The molecule has 2 aromatic heterocycles. The van der Waals surface area contributed by atoms with Gasteiger partial charge >= 0.3 is 0 Å². The van der Waals surface area contributed by atoms with Gasteiger partial charge in [0.15, 0.2) is 5.65 Å². The predicted molar refractivity (Wildman–Crippen MR) is 89.3 cm³/mol. The molecule has 0 spiro atoms. The SMILES string of the molecule is Cn1nc(Br)c2c(=O)n(-c3ccccc3)c(CCBr)nc21. The monoisotopic (exact) mass is 410 g/mol. The minimum absolute atomic E-state index is 0.109. The Hall–Kier alpha value is -1.47. The van der Waals surface area contributed by atoms with Crippen molar-refractivity contribution in [3.8, 4) is 5.69 Å². The molecule has 0 saturated carbocycles. The lowest BCUT2D eigenvalue weighted by Gasteiger charge is -2.11. The summed E-state index contributed by atoms with van der Waals surface area (Å²) in [5.41, 5.74) is 1.29. The van der Waals surface area contributed by atoms with Gasteiger partial charge < -0.3 is 0 Å². The maximum Gasteiger partial charge on any atom is 0.270 e. The van der Waals surface area contributed by atoms with Crippen LogP contribution in [0.4, 0.5) is 0 Å². The highest BCUT2D eigenvalue weighted by Crippen LogP contribution is 2.20. The number of hydrogen-bond donors (Lipinski definition) is 0. The summed E-state index contributed by atoms with van der Waals surface area (Å²) in [6.45, 7) is 0. The second kappa shape index (κ2) is 5.73. The van der Waals surface area contributed by atoms with Crippen LogP contribution in [0.2, 0.25) is 0 Å². The first-order valence-corrected chi connectivity index (χ1v) is 8.30. The summed E-state index contributed by atoms with van der Waals surface area (Å²) in [6, 6.07) is 9.53. The van der Waals surface area contributed by atoms with Crippen molar-refractivity contribution in [2.24, 2.45) is 7.05 Å². The molecule has 0 N–H and O–H groups in total. The predicted octanol–water partition coefficient (Wildman–Crippen LogP) is 2.82. The molecule has 0 amide bonds. The smallest absolute Gasteiger partial charge is 0.268 e. The van der Waals surface area contributed by atoms with Crippen molar-refractivity contribution in [1.82, 2.24) is 19.3 Å². The summed E-state index contributed by atoms with van der Waals surface area (Å²) in [7, 11) is 1.78. The Bertz CT molecular complexity index is 855. The van der Waals surface area contributed by atoms with Crippen molar-refractivity contribution in [3.05, 3.63) is 51.1 Å². The summed E-state index contributed by atoms with van der Waals surface area (Å²) in [5.74, 6) is 0.714. The normalized spacial score (nSPS) is 11.2. The number of halogens is 2. The molecule has 0 aliphatic heterocycles. The van der Waals surface area contributed by atoms with Gasteiger partial charge in [0, 0.05) is 18.8 Å². The van der Waals surface area contributed by atoms with E-state index in [4.69, 9.17) is 0 Å². The maximum atomic E-state index is 12.9. The fourth-order valence-corrected chi connectivity index (χ4v) is 3.23. The van der Waals surface area contributed by atoms with Crippen LogP contribution in [-0.4, -0.2) is 24.7 Å². The molecule has 0 radical (unpaired) electrons. The molecule has 0 aliphatic rings. The molecule has 0 atom stereocenters. The first-order chi connectivity index (χ1) is 10.1. The van der Waals surface area contributed by atoms with E-state index in [1.165, 1.54) is 0 Å². The van der Waals surface area contributed by atoms with Gasteiger partial charge in [-0.1, -0.05) is 34.1 Å². The van der Waals surface area contributed by atoms with Gasteiger partial charge in [0.05, 0.1) is 5.69 Å². The Balaban J connectivity index is 2.41. The van der Waals surface area contributed by atoms with E-state index < -0.39 is 0 Å². The highest BCUT2D eigenvalue weighted by atomic mass is 79.9.